The Labute approximate surface area is 163 Å². The lowest BCUT2D eigenvalue weighted by atomic mass is 10.3. The monoisotopic (exact) mass is 389 g/mol. The first-order chi connectivity index (χ1) is 14.0. The predicted octanol–water partition coefficient (Wildman–Crippen LogP) is 2.49. The van der Waals surface area contributed by atoms with Crippen LogP contribution in [-0.4, -0.2) is 44.1 Å². The van der Waals surface area contributed by atoms with Crippen LogP contribution in [0.4, 0.5) is 5.82 Å². The smallest absolute Gasteiger partial charge is 0.358 e. The summed E-state index contributed by atoms with van der Waals surface area (Å²) in [6.07, 6.45) is 3.29. The summed E-state index contributed by atoms with van der Waals surface area (Å²) < 4.78 is 4.87. The van der Waals surface area contributed by atoms with Crippen molar-refractivity contribution in [1.29, 1.82) is 0 Å². The highest BCUT2D eigenvalue weighted by atomic mass is 16.6. The zero-order chi connectivity index (χ0) is 20.1. The number of hydrogen-bond donors (Lipinski definition) is 0. The van der Waals surface area contributed by atoms with E-state index in [1.54, 1.807) is 33.3 Å². The summed E-state index contributed by atoms with van der Waals surface area (Å²) >= 11 is 0. The Kier molecular flexibility index (Phi) is 3.63. The topological polar surface area (TPSA) is 122 Å². The molecule has 0 N–H and O–H groups in total. The molecular formula is C18H15N9O2. The highest BCUT2D eigenvalue weighted by molar-refractivity contribution is 5.89. The molecule has 1 atom stereocenters. The maximum absolute atomic E-state index is 11.0. The Bertz CT molecular complexity index is 1370. The molecule has 0 aliphatic rings. The summed E-state index contributed by atoms with van der Waals surface area (Å²) in [5.74, 6) is 0.277. The molecule has 144 valence electrons. The third-order valence-electron chi connectivity index (χ3n) is 4.76. The Morgan fingerprint density at radius 3 is 2.66 bits per heavy atom. The summed E-state index contributed by atoms with van der Waals surface area (Å²) in [6, 6.07) is 10.7. The zero-order valence-corrected chi connectivity index (χ0v) is 15.5. The van der Waals surface area contributed by atoms with Gasteiger partial charge in [0.15, 0.2) is 17.1 Å². The molecule has 0 unspecified atom stereocenters. The number of hydrogen-bond acceptors (Lipinski definition) is 7. The molecule has 0 radical (unpaired) electrons. The second-order valence-electron chi connectivity index (χ2n) is 6.63. The number of para-hydroxylation sites is 1. The number of rotatable bonds is 4. The molecule has 0 spiro atoms. The van der Waals surface area contributed by atoms with Gasteiger partial charge in [-0.3, -0.25) is 0 Å². The van der Waals surface area contributed by atoms with Crippen molar-refractivity contribution < 1.29 is 4.92 Å². The third kappa shape index (κ3) is 2.63. The van der Waals surface area contributed by atoms with Gasteiger partial charge in [0.25, 0.3) is 0 Å². The second kappa shape index (κ2) is 6.19. The van der Waals surface area contributed by atoms with Crippen LogP contribution < -0.4 is 0 Å². The fraction of sp³-hybridized carbons (Fsp3) is 0.167. The van der Waals surface area contributed by atoms with Gasteiger partial charge in [-0.2, -0.15) is 9.78 Å². The van der Waals surface area contributed by atoms with Crippen molar-refractivity contribution in [2.24, 2.45) is 0 Å². The van der Waals surface area contributed by atoms with Crippen molar-refractivity contribution in [1.82, 2.24) is 39.1 Å². The summed E-state index contributed by atoms with van der Waals surface area (Å²) in [6.45, 7) is 3.60. The van der Waals surface area contributed by atoms with Crippen molar-refractivity contribution >= 4 is 22.5 Å². The summed E-state index contributed by atoms with van der Waals surface area (Å²) in [5.41, 5.74) is 2.83. The van der Waals surface area contributed by atoms with E-state index in [9.17, 15) is 10.1 Å². The van der Waals surface area contributed by atoms with Crippen LogP contribution in [0.15, 0.2) is 48.9 Å². The zero-order valence-electron chi connectivity index (χ0n) is 15.5. The molecule has 11 nitrogen and oxygen atoms in total. The number of fused-ring (bicyclic) bond motifs is 3. The second-order valence-corrected chi connectivity index (χ2v) is 6.63. The van der Waals surface area contributed by atoms with Crippen LogP contribution in [0.5, 0.6) is 0 Å². The normalized spacial score (nSPS) is 12.6. The standard InChI is InChI=1S/C18H15N9O2/c1-11-8-15(27(28)29)22-25(11)12(2)16-21-18-14-9-20-26(13-6-4-3-5-7-13)17(14)19-10-24(18)23-16/h3-10,12H,1-2H3/t12-/m0/s1. The minimum absolute atomic E-state index is 0.202. The fourth-order valence-corrected chi connectivity index (χ4v) is 3.33. The van der Waals surface area contributed by atoms with E-state index in [4.69, 9.17) is 0 Å². The lowest BCUT2D eigenvalue weighted by Gasteiger charge is -2.05. The number of benzene rings is 1. The maximum atomic E-state index is 11.0. The van der Waals surface area contributed by atoms with Crippen molar-refractivity contribution in [3.8, 4) is 5.69 Å². The molecule has 11 heteroatoms. The van der Waals surface area contributed by atoms with E-state index in [-0.39, 0.29) is 11.9 Å². The van der Waals surface area contributed by atoms with Gasteiger partial charge in [0, 0.05) is 0 Å². The first-order valence-corrected chi connectivity index (χ1v) is 8.88. The summed E-state index contributed by atoms with van der Waals surface area (Å²) in [5, 5.41) is 24.8. The van der Waals surface area contributed by atoms with Crippen LogP contribution in [0.25, 0.3) is 22.4 Å². The van der Waals surface area contributed by atoms with Gasteiger partial charge in [0.2, 0.25) is 0 Å². The van der Waals surface area contributed by atoms with E-state index in [1.165, 1.54) is 6.07 Å². The lowest BCUT2D eigenvalue weighted by Crippen LogP contribution is -2.12. The van der Waals surface area contributed by atoms with Crippen LogP contribution >= 0.6 is 0 Å². The molecule has 5 aromatic rings. The van der Waals surface area contributed by atoms with Crippen molar-refractivity contribution in [3.63, 3.8) is 0 Å². The highest BCUT2D eigenvalue weighted by Gasteiger charge is 2.24. The molecule has 0 aliphatic carbocycles. The van der Waals surface area contributed by atoms with Crippen LogP contribution in [-0.2, 0) is 0 Å². The van der Waals surface area contributed by atoms with Gasteiger partial charge < -0.3 is 10.1 Å². The van der Waals surface area contributed by atoms with Crippen LogP contribution in [0.3, 0.4) is 0 Å². The van der Waals surface area contributed by atoms with Gasteiger partial charge in [-0.25, -0.2) is 19.2 Å². The lowest BCUT2D eigenvalue weighted by molar-refractivity contribution is -0.389. The first-order valence-electron chi connectivity index (χ1n) is 8.88. The third-order valence-corrected chi connectivity index (χ3v) is 4.76. The SMILES string of the molecule is Cc1cc([N+](=O)[O-])nn1[C@@H](C)c1nc2c3cnn(-c4ccccc4)c3ncn2n1. The molecule has 0 aliphatic heterocycles. The molecule has 4 aromatic heterocycles. The quantitative estimate of drug-likeness (QED) is 0.342. The summed E-state index contributed by atoms with van der Waals surface area (Å²) in [7, 11) is 0. The van der Waals surface area contributed by atoms with Gasteiger partial charge in [-0.1, -0.05) is 18.2 Å². The number of aromatic nitrogens is 8. The molecule has 4 heterocycles. The van der Waals surface area contributed by atoms with Crippen LogP contribution in [0, 0.1) is 17.0 Å². The molecule has 0 saturated heterocycles. The van der Waals surface area contributed by atoms with Gasteiger partial charge in [-0.05, 0) is 30.9 Å². The predicted molar refractivity (Wildman–Crippen MR) is 103 cm³/mol. The summed E-state index contributed by atoms with van der Waals surface area (Å²) in [4.78, 5) is 19.6. The van der Waals surface area contributed by atoms with E-state index in [0.717, 1.165) is 11.1 Å². The Morgan fingerprint density at radius 1 is 1.14 bits per heavy atom. The van der Waals surface area contributed by atoms with E-state index >= 15 is 0 Å². The molecule has 0 amide bonds. The molecule has 1 aromatic carbocycles. The van der Waals surface area contributed by atoms with Gasteiger partial charge >= 0.3 is 5.82 Å². The van der Waals surface area contributed by atoms with E-state index < -0.39 is 4.92 Å². The highest BCUT2D eigenvalue weighted by Crippen LogP contribution is 2.23. The average molecular weight is 389 g/mol. The fourth-order valence-electron chi connectivity index (χ4n) is 3.33. The van der Waals surface area contributed by atoms with Crippen molar-refractivity contribution in [3.05, 3.63) is 70.6 Å². The Hall–Kier alpha value is -4.15. The molecule has 0 saturated carbocycles. The van der Waals surface area contributed by atoms with E-state index in [0.29, 0.717) is 22.8 Å². The Morgan fingerprint density at radius 2 is 1.93 bits per heavy atom. The molecule has 0 bridgehead atoms. The molecule has 5 rings (SSSR count). The minimum Gasteiger partial charge on any atom is -0.358 e. The average Bonchev–Trinajstić information content (AvgIpc) is 3.43. The van der Waals surface area contributed by atoms with E-state index in [1.807, 2.05) is 37.3 Å². The van der Waals surface area contributed by atoms with Crippen molar-refractivity contribution in [2.75, 3.05) is 0 Å². The van der Waals surface area contributed by atoms with Gasteiger partial charge in [0.1, 0.15) is 12.4 Å². The van der Waals surface area contributed by atoms with Crippen LogP contribution in [0.1, 0.15) is 24.5 Å². The molecule has 29 heavy (non-hydrogen) atoms. The van der Waals surface area contributed by atoms with E-state index in [2.05, 4.69) is 25.3 Å². The number of nitrogens with zero attached hydrogens (tertiary/aromatic N) is 9. The maximum Gasteiger partial charge on any atom is 0.390 e. The van der Waals surface area contributed by atoms with Crippen LogP contribution in [0.2, 0.25) is 0 Å². The number of aryl methyl sites for hydroxylation is 1. The minimum atomic E-state index is -0.515. The van der Waals surface area contributed by atoms with Gasteiger partial charge in [-0.15, -0.1) is 5.10 Å². The first kappa shape index (κ1) is 17.0. The molecular weight excluding hydrogens is 374 g/mol. The van der Waals surface area contributed by atoms with Crippen molar-refractivity contribution in [2.45, 2.75) is 19.9 Å². The van der Waals surface area contributed by atoms with Gasteiger partial charge in [0.05, 0.1) is 34.1 Å². The molecule has 0 fully saturated rings. The largest absolute Gasteiger partial charge is 0.390 e. The Balaban J connectivity index is 1.61. The number of nitro groups is 1.